The van der Waals surface area contributed by atoms with Crippen LogP contribution in [-0.4, -0.2) is 59.4 Å². The quantitative estimate of drug-likeness (QED) is 0.227. The predicted octanol–water partition coefficient (Wildman–Crippen LogP) is 4.71. The van der Waals surface area contributed by atoms with Crippen molar-refractivity contribution in [2.45, 2.75) is 33.2 Å². The average Bonchev–Trinajstić information content (AvgIpc) is 3.10. The van der Waals surface area contributed by atoms with Crippen molar-refractivity contribution in [3.8, 4) is 5.75 Å². The molecule has 1 saturated heterocycles. The first kappa shape index (κ1) is 25.2. The van der Waals surface area contributed by atoms with Gasteiger partial charge in [-0.05, 0) is 50.7 Å². The number of aryl methyl sites for hydroxylation is 1. The number of ether oxygens (including phenoxy) is 1. The molecular weight excluding hydrogens is 428 g/mol. The average molecular weight is 463 g/mol. The molecule has 2 aromatic rings. The number of ketones is 1. The number of carbonyl (C=O) groups excluding carboxylic acids is 2. The van der Waals surface area contributed by atoms with E-state index in [1.807, 2.05) is 43.3 Å². The van der Waals surface area contributed by atoms with Crippen LogP contribution in [-0.2, 0) is 9.59 Å². The molecule has 1 atom stereocenters. The molecule has 1 amide bonds. The lowest BCUT2D eigenvalue weighted by Crippen LogP contribution is -2.33. The van der Waals surface area contributed by atoms with Gasteiger partial charge in [-0.15, -0.1) is 0 Å². The smallest absolute Gasteiger partial charge is 0.295 e. The van der Waals surface area contributed by atoms with Gasteiger partial charge in [0.25, 0.3) is 11.7 Å². The molecule has 0 aromatic heterocycles. The first-order chi connectivity index (χ1) is 16.4. The highest BCUT2D eigenvalue weighted by molar-refractivity contribution is 6.46. The Morgan fingerprint density at radius 2 is 1.85 bits per heavy atom. The Bertz CT molecular complexity index is 1050. The number of aliphatic hydroxyl groups excluding tert-OH is 1. The van der Waals surface area contributed by atoms with Gasteiger partial charge in [0, 0.05) is 12.1 Å². The molecule has 0 radical (unpaired) electrons. The number of Topliss-reactive ketones (excluding diaryl/α,β-unsaturated/α-hetero) is 1. The van der Waals surface area contributed by atoms with Gasteiger partial charge in [0.05, 0.1) is 11.6 Å². The summed E-state index contributed by atoms with van der Waals surface area (Å²) < 4.78 is 5.69. The Kier molecular flexibility index (Phi) is 8.66. The Morgan fingerprint density at radius 3 is 2.50 bits per heavy atom. The summed E-state index contributed by atoms with van der Waals surface area (Å²) in [7, 11) is 0. The minimum Gasteiger partial charge on any atom is -0.507 e. The molecule has 1 aliphatic heterocycles. The van der Waals surface area contributed by atoms with Crippen molar-refractivity contribution in [2.75, 3.05) is 32.8 Å². The minimum atomic E-state index is -0.690. The summed E-state index contributed by atoms with van der Waals surface area (Å²) in [5.74, 6) is -0.799. The second kappa shape index (κ2) is 11.7. The summed E-state index contributed by atoms with van der Waals surface area (Å²) in [5, 5.41) is 11.2. The molecule has 3 rings (SSSR count). The van der Waals surface area contributed by atoms with Crippen LogP contribution in [0.3, 0.4) is 0 Å². The Morgan fingerprint density at radius 1 is 1.15 bits per heavy atom. The third kappa shape index (κ3) is 5.57. The first-order valence-corrected chi connectivity index (χ1v) is 11.8. The topological polar surface area (TPSA) is 70.1 Å². The largest absolute Gasteiger partial charge is 0.507 e. The van der Waals surface area contributed by atoms with Crippen LogP contribution in [0.4, 0.5) is 0 Å². The van der Waals surface area contributed by atoms with Crippen molar-refractivity contribution >= 4 is 17.4 Å². The Hall–Kier alpha value is -3.38. The number of aliphatic hydroxyl groups is 1. The van der Waals surface area contributed by atoms with Gasteiger partial charge in [-0.2, -0.15) is 0 Å². The summed E-state index contributed by atoms with van der Waals surface area (Å²) in [6.45, 7) is 13.3. The number of amides is 1. The number of rotatable bonds is 11. The highest BCUT2D eigenvalue weighted by atomic mass is 16.5. The van der Waals surface area contributed by atoms with E-state index < -0.39 is 17.7 Å². The Balaban J connectivity index is 2.04. The van der Waals surface area contributed by atoms with E-state index in [0.717, 1.165) is 37.2 Å². The maximum atomic E-state index is 13.2. The van der Waals surface area contributed by atoms with E-state index in [1.54, 1.807) is 23.1 Å². The lowest BCUT2D eigenvalue weighted by atomic mass is 9.95. The maximum absolute atomic E-state index is 13.2. The summed E-state index contributed by atoms with van der Waals surface area (Å²) in [6.07, 6.45) is 2.38. The molecule has 180 valence electrons. The zero-order chi connectivity index (χ0) is 24.7. The summed E-state index contributed by atoms with van der Waals surface area (Å²) in [4.78, 5) is 30.2. The van der Waals surface area contributed by atoms with Crippen molar-refractivity contribution in [1.29, 1.82) is 0 Å². The predicted molar refractivity (Wildman–Crippen MR) is 135 cm³/mol. The molecule has 1 heterocycles. The molecule has 0 saturated carbocycles. The van der Waals surface area contributed by atoms with Crippen LogP contribution in [0.25, 0.3) is 5.76 Å². The number of hydrogen-bond acceptors (Lipinski definition) is 5. The standard InChI is InChI=1S/C28H34N2O4/c1-5-18-34-23-11-8-10-22(19-23)25-24(26(31)21-14-12-20(4)13-15-21)27(32)28(33)30(25)17-9-16-29(6-2)7-3/h5,8,10-15,19,25,31H,1,6-7,9,16-18H2,2-4H3/b26-24+. The molecule has 2 aromatic carbocycles. The number of carbonyl (C=O) groups is 2. The molecule has 0 spiro atoms. The van der Waals surface area contributed by atoms with Crippen molar-refractivity contribution < 1.29 is 19.4 Å². The molecule has 1 unspecified atom stereocenters. The number of nitrogens with zero attached hydrogens (tertiary/aromatic N) is 2. The van der Waals surface area contributed by atoms with Crippen molar-refractivity contribution in [1.82, 2.24) is 9.80 Å². The normalized spacial score (nSPS) is 17.4. The number of likely N-dealkylation sites (tertiary alicyclic amines) is 1. The lowest BCUT2D eigenvalue weighted by Gasteiger charge is -2.27. The third-order valence-corrected chi connectivity index (χ3v) is 6.17. The lowest BCUT2D eigenvalue weighted by molar-refractivity contribution is -0.140. The summed E-state index contributed by atoms with van der Waals surface area (Å²) >= 11 is 0. The van der Waals surface area contributed by atoms with Crippen LogP contribution in [0.5, 0.6) is 5.75 Å². The van der Waals surface area contributed by atoms with Crippen molar-refractivity contribution in [3.05, 3.63) is 83.4 Å². The van der Waals surface area contributed by atoms with Gasteiger partial charge in [0.15, 0.2) is 0 Å². The van der Waals surface area contributed by atoms with Gasteiger partial charge in [-0.3, -0.25) is 9.59 Å². The monoisotopic (exact) mass is 462 g/mol. The molecule has 6 heteroatoms. The number of benzene rings is 2. The second-order valence-corrected chi connectivity index (χ2v) is 8.41. The summed E-state index contributed by atoms with van der Waals surface area (Å²) in [5.41, 5.74) is 2.38. The molecule has 34 heavy (non-hydrogen) atoms. The van der Waals surface area contributed by atoms with Crippen LogP contribution < -0.4 is 4.74 Å². The molecule has 1 aliphatic rings. The highest BCUT2D eigenvalue weighted by Crippen LogP contribution is 2.40. The number of hydrogen-bond donors (Lipinski definition) is 1. The zero-order valence-electron chi connectivity index (χ0n) is 20.3. The highest BCUT2D eigenvalue weighted by Gasteiger charge is 2.45. The van der Waals surface area contributed by atoms with Gasteiger partial charge < -0.3 is 19.6 Å². The van der Waals surface area contributed by atoms with E-state index >= 15 is 0 Å². The SMILES string of the molecule is C=CCOc1cccc(C2/C(=C(\O)c3ccc(C)cc3)C(=O)C(=O)N2CCCN(CC)CC)c1. The van der Waals surface area contributed by atoms with Crippen LogP contribution in [0.15, 0.2) is 66.8 Å². The van der Waals surface area contributed by atoms with Crippen molar-refractivity contribution in [3.63, 3.8) is 0 Å². The van der Waals surface area contributed by atoms with Gasteiger partial charge in [0.2, 0.25) is 0 Å². The van der Waals surface area contributed by atoms with E-state index in [-0.39, 0.29) is 11.3 Å². The van der Waals surface area contributed by atoms with E-state index in [4.69, 9.17) is 4.74 Å². The van der Waals surface area contributed by atoms with E-state index in [0.29, 0.717) is 24.5 Å². The molecule has 1 N–H and O–H groups in total. The zero-order valence-corrected chi connectivity index (χ0v) is 20.3. The van der Waals surface area contributed by atoms with Crippen LogP contribution >= 0.6 is 0 Å². The fraction of sp³-hybridized carbons (Fsp3) is 0.357. The van der Waals surface area contributed by atoms with E-state index in [1.165, 1.54) is 0 Å². The van der Waals surface area contributed by atoms with Gasteiger partial charge in [-0.25, -0.2) is 0 Å². The summed E-state index contributed by atoms with van der Waals surface area (Å²) in [6, 6.07) is 13.9. The van der Waals surface area contributed by atoms with Gasteiger partial charge in [-0.1, -0.05) is 68.5 Å². The fourth-order valence-electron chi connectivity index (χ4n) is 4.26. The fourth-order valence-corrected chi connectivity index (χ4v) is 4.26. The van der Waals surface area contributed by atoms with Crippen LogP contribution in [0.1, 0.15) is 43.0 Å². The van der Waals surface area contributed by atoms with Crippen molar-refractivity contribution in [2.24, 2.45) is 0 Å². The molecule has 6 nitrogen and oxygen atoms in total. The van der Waals surface area contributed by atoms with Crippen LogP contribution in [0, 0.1) is 6.92 Å². The van der Waals surface area contributed by atoms with Gasteiger partial charge in [0.1, 0.15) is 18.1 Å². The third-order valence-electron chi connectivity index (χ3n) is 6.17. The molecule has 1 fully saturated rings. The van der Waals surface area contributed by atoms with Gasteiger partial charge >= 0.3 is 0 Å². The van der Waals surface area contributed by atoms with Crippen LogP contribution in [0.2, 0.25) is 0 Å². The molecule has 0 bridgehead atoms. The molecular formula is C28H34N2O4. The Labute approximate surface area is 202 Å². The first-order valence-electron chi connectivity index (χ1n) is 11.8. The maximum Gasteiger partial charge on any atom is 0.295 e. The molecule has 0 aliphatic carbocycles. The van der Waals surface area contributed by atoms with E-state index in [2.05, 4.69) is 25.3 Å². The second-order valence-electron chi connectivity index (χ2n) is 8.41. The minimum absolute atomic E-state index is 0.109. The van der Waals surface area contributed by atoms with E-state index in [9.17, 15) is 14.7 Å².